The lowest BCUT2D eigenvalue weighted by Gasteiger charge is -2.03. The van der Waals surface area contributed by atoms with Crippen molar-refractivity contribution in [1.29, 1.82) is 0 Å². The van der Waals surface area contributed by atoms with E-state index in [9.17, 15) is 0 Å². The van der Waals surface area contributed by atoms with Crippen molar-refractivity contribution in [2.75, 3.05) is 0 Å². The van der Waals surface area contributed by atoms with Crippen LogP contribution in [0.1, 0.15) is 31.2 Å². The highest BCUT2D eigenvalue weighted by Crippen LogP contribution is 2.10. The maximum absolute atomic E-state index is 8.75. The average Bonchev–Trinajstić information content (AvgIpc) is 2.05. The molecule has 0 amide bonds. The lowest BCUT2D eigenvalue weighted by Crippen LogP contribution is -1.97. The van der Waals surface area contributed by atoms with Gasteiger partial charge in [-0.3, -0.25) is 0 Å². The highest BCUT2D eigenvalue weighted by molar-refractivity contribution is 5.10. The molecule has 0 spiro atoms. The van der Waals surface area contributed by atoms with Crippen LogP contribution in [0.3, 0.4) is 0 Å². The van der Waals surface area contributed by atoms with E-state index in [0.29, 0.717) is 11.6 Å². The zero-order valence-corrected chi connectivity index (χ0v) is 6.78. The lowest BCUT2D eigenvalue weighted by atomic mass is 10.1. The Morgan fingerprint density at radius 3 is 2.73 bits per heavy atom. The third-order valence-corrected chi connectivity index (χ3v) is 1.50. The first kappa shape index (κ1) is 8.14. The van der Waals surface area contributed by atoms with E-state index in [1.165, 1.54) is 6.33 Å². The first-order valence-corrected chi connectivity index (χ1v) is 3.65. The molecule has 0 unspecified atom stereocenters. The summed E-state index contributed by atoms with van der Waals surface area (Å²) in [4.78, 5) is 7.94. The second-order valence-corrected chi connectivity index (χ2v) is 2.75. The van der Waals surface area contributed by atoms with E-state index < -0.39 is 0 Å². The number of hydrogen-bond acceptors (Lipinski definition) is 3. The lowest BCUT2D eigenvalue weighted by molar-refractivity contribution is 0.276. The molecule has 1 aromatic heterocycles. The summed E-state index contributed by atoms with van der Waals surface area (Å²) in [5.74, 6) is 0.392. The predicted molar refractivity (Wildman–Crippen MR) is 42.0 cm³/mol. The molecule has 0 aromatic carbocycles. The molecule has 3 heteroatoms. The van der Waals surface area contributed by atoms with E-state index in [1.54, 1.807) is 0 Å². The maximum Gasteiger partial charge on any atom is 0.116 e. The van der Waals surface area contributed by atoms with E-state index in [1.807, 2.05) is 6.07 Å². The zero-order valence-electron chi connectivity index (χ0n) is 6.78. The zero-order chi connectivity index (χ0) is 8.27. The van der Waals surface area contributed by atoms with E-state index in [0.717, 1.165) is 5.69 Å². The molecule has 0 fully saturated rings. The highest BCUT2D eigenvalue weighted by Gasteiger charge is 2.00. The second-order valence-electron chi connectivity index (χ2n) is 2.75. The molecular formula is C8H12N2O. The quantitative estimate of drug-likeness (QED) is 0.690. The summed E-state index contributed by atoms with van der Waals surface area (Å²) in [7, 11) is 0. The van der Waals surface area contributed by atoms with Crippen molar-refractivity contribution in [2.45, 2.75) is 26.4 Å². The van der Waals surface area contributed by atoms with E-state index in [-0.39, 0.29) is 6.61 Å². The largest absolute Gasteiger partial charge is 0.390 e. The predicted octanol–water partition coefficient (Wildman–Crippen LogP) is 1.09. The van der Waals surface area contributed by atoms with Crippen LogP contribution in [0.2, 0.25) is 0 Å². The molecule has 11 heavy (non-hydrogen) atoms. The molecule has 0 aliphatic rings. The van der Waals surface area contributed by atoms with Gasteiger partial charge >= 0.3 is 0 Å². The molecule has 0 aliphatic heterocycles. The third-order valence-electron chi connectivity index (χ3n) is 1.50. The van der Waals surface area contributed by atoms with Gasteiger partial charge in [-0.1, -0.05) is 13.8 Å². The number of aliphatic hydroxyl groups excluding tert-OH is 1. The Hall–Kier alpha value is -0.960. The number of rotatable bonds is 2. The van der Waals surface area contributed by atoms with Crippen LogP contribution in [-0.2, 0) is 6.61 Å². The monoisotopic (exact) mass is 152 g/mol. The van der Waals surface area contributed by atoms with Gasteiger partial charge in [0.15, 0.2) is 0 Å². The fourth-order valence-electron chi connectivity index (χ4n) is 0.817. The van der Waals surface area contributed by atoms with Crippen molar-refractivity contribution in [3.63, 3.8) is 0 Å². The van der Waals surface area contributed by atoms with Crippen molar-refractivity contribution < 1.29 is 5.11 Å². The molecule has 0 saturated heterocycles. The molecule has 1 rings (SSSR count). The Kier molecular flexibility index (Phi) is 2.54. The topological polar surface area (TPSA) is 46.0 Å². The highest BCUT2D eigenvalue weighted by atomic mass is 16.3. The summed E-state index contributed by atoms with van der Waals surface area (Å²) in [6.45, 7) is 4.11. The van der Waals surface area contributed by atoms with Crippen LogP contribution in [0.4, 0.5) is 0 Å². The Bertz CT molecular complexity index is 235. The second kappa shape index (κ2) is 3.44. The van der Waals surface area contributed by atoms with Gasteiger partial charge < -0.3 is 5.11 Å². The normalized spacial score (nSPS) is 10.5. The number of nitrogens with zero attached hydrogens (tertiary/aromatic N) is 2. The molecule has 1 aromatic rings. The van der Waals surface area contributed by atoms with Crippen LogP contribution in [-0.4, -0.2) is 15.1 Å². The van der Waals surface area contributed by atoms with Gasteiger partial charge in [0.25, 0.3) is 0 Å². The van der Waals surface area contributed by atoms with Crippen molar-refractivity contribution >= 4 is 0 Å². The van der Waals surface area contributed by atoms with Crippen molar-refractivity contribution in [2.24, 2.45) is 0 Å². The molecular weight excluding hydrogens is 140 g/mol. The van der Waals surface area contributed by atoms with Crippen LogP contribution in [0.25, 0.3) is 0 Å². The van der Waals surface area contributed by atoms with Gasteiger partial charge in [0.2, 0.25) is 0 Å². The number of aromatic nitrogens is 2. The Labute approximate surface area is 66.1 Å². The van der Waals surface area contributed by atoms with E-state index in [4.69, 9.17) is 5.11 Å². The van der Waals surface area contributed by atoms with Gasteiger partial charge in [-0.25, -0.2) is 9.97 Å². The van der Waals surface area contributed by atoms with Crippen LogP contribution in [0.15, 0.2) is 12.4 Å². The molecule has 0 bridgehead atoms. The molecule has 0 atom stereocenters. The van der Waals surface area contributed by atoms with Gasteiger partial charge in [0, 0.05) is 5.69 Å². The van der Waals surface area contributed by atoms with Crippen LogP contribution in [0, 0.1) is 0 Å². The molecule has 1 N–H and O–H groups in total. The van der Waals surface area contributed by atoms with Crippen LogP contribution in [0.5, 0.6) is 0 Å². The van der Waals surface area contributed by atoms with Crippen LogP contribution < -0.4 is 0 Å². The van der Waals surface area contributed by atoms with Crippen molar-refractivity contribution in [3.8, 4) is 0 Å². The molecule has 0 radical (unpaired) electrons. The Morgan fingerprint density at radius 2 is 2.18 bits per heavy atom. The van der Waals surface area contributed by atoms with E-state index >= 15 is 0 Å². The van der Waals surface area contributed by atoms with E-state index in [2.05, 4.69) is 23.8 Å². The average molecular weight is 152 g/mol. The summed E-state index contributed by atoms with van der Waals surface area (Å²) < 4.78 is 0. The minimum Gasteiger partial charge on any atom is -0.390 e. The van der Waals surface area contributed by atoms with Gasteiger partial charge in [0.05, 0.1) is 12.3 Å². The van der Waals surface area contributed by atoms with Gasteiger partial charge in [0.1, 0.15) is 6.33 Å². The Balaban J connectivity index is 2.91. The summed E-state index contributed by atoms with van der Waals surface area (Å²) >= 11 is 0. The number of aliphatic hydroxyl groups is 1. The smallest absolute Gasteiger partial charge is 0.116 e. The van der Waals surface area contributed by atoms with Crippen LogP contribution >= 0.6 is 0 Å². The van der Waals surface area contributed by atoms with Gasteiger partial charge in [-0.15, -0.1) is 0 Å². The summed E-state index contributed by atoms with van der Waals surface area (Å²) in [5.41, 5.74) is 1.66. The molecule has 3 nitrogen and oxygen atoms in total. The van der Waals surface area contributed by atoms with Crippen molar-refractivity contribution in [1.82, 2.24) is 9.97 Å². The SMILES string of the molecule is CC(C)c1cc(CO)ncn1. The molecule has 1 heterocycles. The minimum atomic E-state index is -0.0117. The minimum absolute atomic E-state index is 0.0117. The molecule has 0 saturated carbocycles. The molecule has 0 aliphatic carbocycles. The summed E-state index contributed by atoms with van der Waals surface area (Å²) in [6, 6.07) is 1.82. The standard InChI is InChI=1S/C8H12N2O/c1-6(2)8-3-7(4-11)9-5-10-8/h3,5-6,11H,4H2,1-2H3. The summed E-state index contributed by atoms with van der Waals surface area (Å²) in [6.07, 6.45) is 1.49. The maximum atomic E-state index is 8.75. The third kappa shape index (κ3) is 1.98. The Morgan fingerprint density at radius 1 is 1.45 bits per heavy atom. The first-order chi connectivity index (χ1) is 5.24. The van der Waals surface area contributed by atoms with Gasteiger partial charge in [-0.05, 0) is 12.0 Å². The van der Waals surface area contributed by atoms with Crippen molar-refractivity contribution in [3.05, 3.63) is 23.8 Å². The fraction of sp³-hybridized carbons (Fsp3) is 0.500. The summed E-state index contributed by atoms with van der Waals surface area (Å²) in [5, 5.41) is 8.75. The molecule has 60 valence electrons. The van der Waals surface area contributed by atoms with Gasteiger partial charge in [-0.2, -0.15) is 0 Å². The first-order valence-electron chi connectivity index (χ1n) is 3.65. The number of hydrogen-bond donors (Lipinski definition) is 1. The fourth-order valence-corrected chi connectivity index (χ4v) is 0.817.